The molecule has 1 amide bonds. The van der Waals surface area contributed by atoms with Crippen LogP contribution in [-0.2, 0) is 9.59 Å². The van der Waals surface area contributed by atoms with Gasteiger partial charge in [0.15, 0.2) is 0 Å². The van der Waals surface area contributed by atoms with Crippen LogP contribution in [0.5, 0.6) is 0 Å². The number of carboxylic acids is 1. The monoisotopic (exact) mass is 213 g/mol. The second-order valence-electron chi connectivity index (χ2n) is 3.58. The molecule has 86 valence electrons. The Hall–Kier alpha value is -1.32. The summed E-state index contributed by atoms with van der Waals surface area (Å²) in [5.74, 6) is -1.45. The van der Waals surface area contributed by atoms with Gasteiger partial charge in [-0.15, -0.1) is 0 Å². The van der Waals surface area contributed by atoms with Gasteiger partial charge in [-0.05, 0) is 13.3 Å². The molecule has 0 aliphatic carbocycles. The summed E-state index contributed by atoms with van der Waals surface area (Å²) < 4.78 is 0. The quantitative estimate of drug-likeness (QED) is 0.500. The van der Waals surface area contributed by atoms with E-state index in [-0.39, 0.29) is 11.9 Å². The summed E-state index contributed by atoms with van der Waals surface area (Å²) in [6, 6.07) is 0.0995. The summed E-state index contributed by atoms with van der Waals surface area (Å²) in [6.45, 7) is 4.04. The minimum atomic E-state index is -1.11. The van der Waals surface area contributed by atoms with Crippen molar-refractivity contribution in [3.63, 3.8) is 0 Å². The minimum absolute atomic E-state index is 0.0995. The van der Waals surface area contributed by atoms with Crippen molar-refractivity contribution in [1.29, 1.82) is 0 Å². The summed E-state index contributed by atoms with van der Waals surface area (Å²) in [5, 5.41) is 11.0. The molecular formula is C11H19NO3. The normalized spacial score (nSPS) is 12.7. The van der Waals surface area contributed by atoms with Crippen molar-refractivity contribution in [2.24, 2.45) is 0 Å². The molecule has 0 saturated carbocycles. The standard InChI is InChI=1S/C11H19NO3/c1-3-4-5-6-9(2)12-10(13)7-8-11(14)15/h7-9H,3-6H2,1-2H3,(H,12,13)(H,14,15)/b8-7-. The number of hydrogen-bond acceptors (Lipinski definition) is 2. The molecule has 0 radical (unpaired) electrons. The van der Waals surface area contributed by atoms with Gasteiger partial charge in [0.05, 0.1) is 0 Å². The molecule has 15 heavy (non-hydrogen) atoms. The molecule has 0 rings (SSSR count). The first-order valence-electron chi connectivity index (χ1n) is 5.27. The van der Waals surface area contributed by atoms with Crippen LogP contribution in [0.25, 0.3) is 0 Å². The molecule has 0 saturated heterocycles. The lowest BCUT2D eigenvalue weighted by molar-refractivity contribution is -0.131. The van der Waals surface area contributed by atoms with E-state index in [1.54, 1.807) is 0 Å². The van der Waals surface area contributed by atoms with Crippen molar-refractivity contribution in [1.82, 2.24) is 5.32 Å². The van der Waals surface area contributed by atoms with Gasteiger partial charge in [-0.1, -0.05) is 26.2 Å². The van der Waals surface area contributed by atoms with E-state index in [1.807, 2.05) is 6.92 Å². The minimum Gasteiger partial charge on any atom is -0.478 e. The van der Waals surface area contributed by atoms with E-state index in [0.29, 0.717) is 0 Å². The van der Waals surface area contributed by atoms with Crippen molar-refractivity contribution in [3.05, 3.63) is 12.2 Å². The van der Waals surface area contributed by atoms with E-state index < -0.39 is 5.97 Å². The van der Waals surface area contributed by atoms with E-state index in [9.17, 15) is 9.59 Å². The number of carbonyl (C=O) groups is 2. The molecule has 0 spiro atoms. The zero-order valence-corrected chi connectivity index (χ0v) is 9.32. The van der Waals surface area contributed by atoms with Gasteiger partial charge in [-0.3, -0.25) is 4.79 Å². The third-order valence-electron chi connectivity index (χ3n) is 2.01. The zero-order valence-electron chi connectivity index (χ0n) is 9.32. The first-order chi connectivity index (χ1) is 7.06. The molecule has 0 heterocycles. The van der Waals surface area contributed by atoms with Crippen LogP contribution in [0.4, 0.5) is 0 Å². The first kappa shape index (κ1) is 13.7. The molecule has 0 aliphatic rings. The number of nitrogens with one attached hydrogen (secondary N) is 1. The SMILES string of the molecule is CCCCCC(C)NC(=O)/C=C\C(=O)O. The van der Waals surface area contributed by atoms with Crippen molar-refractivity contribution in [3.8, 4) is 0 Å². The van der Waals surface area contributed by atoms with E-state index in [2.05, 4.69) is 12.2 Å². The van der Waals surface area contributed by atoms with Crippen LogP contribution >= 0.6 is 0 Å². The van der Waals surface area contributed by atoms with Gasteiger partial charge in [0, 0.05) is 18.2 Å². The summed E-state index contributed by atoms with van der Waals surface area (Å²) in [5.41, 5.74) is 0. The molecule has 0 aliphatic heterocycles. The maximum absolute atomic E-state index is 11.1. The molecule has 0 aromatic carbocycles. The first-order valence-corrected chi connectivity index (χ1v) is 5.27. The maximum atomic E-state index is 11.1. The number of hydrogen-bond donors (Lipinski definition) is 2. The van der Waals surface area contributed by atoms with Crippen LogP contribution in [0.3, 0.4) is 0 Å². The third kappa shape index (κ3) is 9.00. The molecular weight excluding hydrogens is 194 g/mol. The lowest BCUT2D eigenvalue weighted by Crippen LogP contribution is -2.31. The number of rotatable bonds is 7. The maximum Gasteiger partial charge on any atom is 0.328 e. The fourth-order valence-electron chi connectivity index (χ4n) is 1.21. The molecule has 1 atom stereocenters. The zero-order chi connectivity index (χ0) is 11.7. The van der Waals surface area contributed by atoms with Gasteiger partial charge in [0.1, 0.15) is 0 Å². The highest BCUT2D eigenvalue weighted by Crippen LogP contribution is 2.02. The fraction of sp³-hybridized carbons (Fsp3) is 0.636. The summed E-state index contributed by atoms with van der Waals surface area (Å²) in [7, 11) is 0. The Morgan fingerprint density at radius 1 is 1.33 bits per heavy atom. The summed E-state index contributed by atoms with van der Waals surface area (Å²) >= 11 is 0. The molecule has 0 aromatic heterocycles. The van der Waals surface area contributed by atoms with Crippen LogP contribution in [-0.4, -0.2) is 23.0 Å². The van der Waals surface area contributed by atoms with Gasteiger partial charge >= 0.3 is 5.97 Å². The van der Waals surface area contributed by atoms with Crippen LogP contribution in [0, 0.1) is 0 Å². The average molecular weight is 213 g/mol. The second-order valence-corrected chi connectivity index (χ2v) is 3.58. The molecule has 1 unspecified atom stereocenters. The number of carbonyl (C=O) groups excluding carboxylic acids is 1. The Morgan fingerprint density at radius 2 is 2.00 bits per heavy atom. The Kier molecular flexibility index (Phi) is 7.32. The highest BCUT2D eigenvalue weighted by atomic mass is 16.4. The number of carboxylic acid groups (broad SMARTS) is 1. The van der Waals surface area contributed by atoms with E-state index in [4.69, 9.17) is 5.11 Å². The topological polar surface area (TPSA) is 66.4 Å². The Bertz CT molecular complexity index is 236. The highest BCUT2D eigenvalue weighted by molar-refractivity contribution is 5.93. The van der Waals surface area contributed by atoms with Gasteiger partial charge in [0.25, 0.3) is 0 Å². The predicted octanol–water partition coefficient (Wildman–Crippen LogP) is 1.71. The Labute approximate surface area is 90.4 Å². The summed E-state index contributed by atoms with van der Waals surface area (Å²) in [6.07, 6.45) is 6.21. The molecule has 0 bridgehead atoms. The van der Waals surface area contributed by atoms with Crippen molar-refractivity contribution < 1.29 is 14.7 Å². The molecule has 0 fully saturated rings. The predicted molar refractivity (Wildman–Crippen MR) is 58.5 cm³/mol. The van der Waals surface area contributed by atoms with Crippen LogP contribution in [0.2, 0.25) is 0 Å². The smallest absolute Gasteiger partial charge is 0.328 e. The lowest BCUT2D eigenvalue weighted by Gasteiger charge is -2.11. The van der Waals surface area contributed by atoms with Gasteiger partial charge in [-0.2, -0.15) is 0 Å². The Morgan fingerprint density at radius 3 is 2.53 bits per heavy atom. The summed E-state index contributed by atoms with van der Waals surface area (Å²) in [4.78, 5) is 21.3. The lowest BCUT2D eigenvalue weighted by atomic mass is 10.1. The number of unbranched alkanes of at least 4 members (excludes halogenated alkanes) is 2. The van der Waals surface area contributed by atoms with Crippen molar-refractivity contribution in [2.45, 2.75) is 45.6 Å². The van der Waals surface area contributed by atoms with Gasteiger partial charge in [0.2, 0.25) is 5.91 Å². The molecule has 4 nitrogen and oxygen atoms in total. The van der Waals surface area contributed by atoms with Crippen molar-refractivity contribution >= 4 is 11.9 Å². The molecule has 4 heteroatoms. The van der Waals surface area contributed by atoms with Gasteiger partial charge < -0.3 is 10.4 Å². The highest BCUT2D eigenvalue weighted by Gasteiger charge is 2.04. The van der Waals surface area contributed by atoms with Crippen LogP contribution in [0.15, 0.2) is 12.2 Å². The van der Waals surface area contributed by atoms with Crippen molar-refractivity contribution in [2.75, 3.05) is 0 Å². The van der Waals surface area contributed by atoms with E-state index in [1.165, 1.54) is 0 Å². The third-order valence-corrected chi connectivity index (χ3v) is 2.01. The molecule has 2 N–H and O–H groups in total. The van der Waals surface area contributed by atoms with Crippen LogP contribution in [0.1, 0.15) is 39.5 Å². The molecule has 0 aromatic rings. The number of aliphatic carboxylic acids is 1. The largest absolute Gasteiger partial charge is 0.478 e. The van der Waals surface area contributed by atoms with E-state index >= 15 is 0 Å². The number of amides is 1. The second kappa shape index (κ2) is 8.03. The van der Waals surface area contributed by atoms with E-state index in [0.717, 1.165) is 37.8 Å². The van der Waals surface area contributed by atoms with Gasteiger partial charge in [-0.25, -0.2) is 4.79 Å². The van der Waals surface area contributed by atoms with Crippen LogP contribution < -0.4 is 5.32 Å². The average Bonchev–Trinajstić information content (AvgIpc) is 2.15. The fourth-order valence-corrected chi connectivity index (χ4v) is 1.21. The Balaban J connectivity index is 3.71.